The molecule has 0 saturated carbocycles. The highest BCUT2D eigenvalue weighted by molar-refractivity contribution is 6.16. The maximum absolute atomic E-state index is 5.46. The molecule has 0 unspecified atom stereocenters. The van der Waals surface area contributed by atoms with Gasteiger partial charge in [0.05, 0.1) is 5.88 Å². The number of nitrogens with zero attached hydrogens (tertiary/aromatic N) is 3. The van der Waals surface area contributed by atoms with Crippen molar-refractivity contribution in [2.45, 2.75) is 12.8 Å². The van der Waals surface area contributed by atoms with E-state index in [2.05, 4.69) is 15.0 Å². The Balaban J connectivity index is 3.06. The smallest absolute Gasteiger partial charge is 0.223 e. The predicted molar refractivity (Wildman–Crippen MR) is 38.5 cm³/mol. The fourth-order valence-electron chi connectivity index (χ4n) is 0.620. The van der Waals surface area contributed by atoms with Crippen LogP contribution < -0.4 is 5.73 Å². The summed E-state index contributed by atoms with van der Waals surface area (Å²) in [5.41, 5.74) is 5.31. The van der Waals surface area contributed by atoms with Crippen LogP contribution in [-0.2, 0) is 5.88 Å². The third-order valence-electron chi connectivity index (χ3n) is 0.930. The lowest BCUT2D eigenvalue weighted by Crippen LogP contribution is -2.02. The Morgan fingerprint density at radius 3 is 2.60 bits per heavy atom. The summed E-state index contributed by atoms with van der Waals surface area (Å²) in [6.45, 7) is 1.74. The average molecular weight is 159 g/mol. The van der Waals surface area contributed by atoms with Crippen LogP contribution in [0.4, 0.5) is 5.95 Å². The van der Waals surface area contributed by atoms with Crippen LogP contribution in [0.2, 0.25) is 0 Å². The van der Waals surface area contributed by atoms with Gasteiger partial charge >= 0.3 is 0 Å². The summed E-state index contributed by atoms with van der Waals surface area (Å²) < 4.78 is 0. The van der Waals surface area contributed by atoms with E-state index in [1.54, 1.807) is 6.92 Å². The van der Waals surface area contributed by atoms with Gasteiger partial charge in [0.2, 0.25) is 5.95 Å². The summed E-state index contributed by atoms with van der Waals surface area (Å²) in [6.07, 6.45) is 0. The van der Waals surface area contributed by atoms with Gasteiger partial charge in [-0.05, 0) is 6.92 Å². The topological polar surface area (TPSA) is 64.7 Å². The molecule has 0 amide bonds. The van der Waals surface area contributed by atoms with Crippen molar-refractivity contribution < 1.29 is 0 Å². The molecule has 1 rings (SSSR count). The fourth-order valence-corrected chi connectivity index (χ4v) is 0.739. The van der Waals surface area contributed by atoms with Crippen molar-refractivity contribution >= 4 is 17.5 Å². The number of aryl methyl sites for hydroxylation is 1. The second-order valence-corrected chi connectivity index (χ2v) is 2.06. The van der Waals surface area contributed by atoms with Crippen LogP contribution in [0.3, 0.4) is 0 Å². The van der Waals surface area contributed by atoms with Gasteiger partial charge in [0.25, 0.3) is 0 Å². The van der Waals surface area contributed by atoms with E-state index in [1.165, 1.54) is 0 Å². The zero-order valence-electron chi connectivity index (χ0n) is 5.50. The van der Waals surface area contributed by atoms with Crippen LogP contribution in [0.1, 0.15) is 11.6 Å². The molecule has 5 heteroatoms. The normalized spacial score (nSPS) is 9.80. The van der Waals surface area contributed by atoms with Gasteiger partial charge in [-0.25, -0.2) is 4.98 Å². The van der Waals surface area contributed by atoms with Gasteiger partial charge in [-0.2, -0.15) is 9.97 Å². The summed E-state index contributed by atoms with van der Waals surface area (Å²) >= 11 is 5.46. The van der Waals surface area contributed by atoms with Crippen molar-refractivity contribution in [2.24, 2.45) is 0 Å². The first kappa shape index (κ1) is 7.21. The number of hydrogen-bond donors (Lipinski definition) is 1. The number of nitrogen functional groups attached to an aromatic ring is 1. The summed E-state index contributed by atoms with van der Waals surface area (Å²) in [5.74, 6) is 1.62. The Morgan fingerprint density at radius 2 is 2.10 bits per heavy atom. The molecule has 1 aromatic rings. The molecule has 2 N–H and O–H groups in total. The molecule has 4 nitrogen and oxygen atoms in total. The van der Waals surface area contributed by atoms with Crippen LogP contribution in [0.25, 0.3) is 0 Å². The Bertz CT molecular complexity index is 217. The molecule has 0 fully saturated rings. The van der Waals surface area contributed by atoms with E-state index in [9.17, 15) is 0 Å². The van der Waals surface area contributed by atoms with Crippen molar-refractivity contribution in [3.8, 4) is 0 Å². The van der Waals surface area contributed by atoms with Crippen molar-refractivity contribution in [1.82, 2.24) is 15.0 Å². The minimum Gasteiger partial charge on any atom is -0.368 e. The Morgan fingerprint density at radius 1 is 1.40 bits per heavy atom. The second kappa shape index (κ2) is 2.79. The lowest BCUT2D eigenvalue weighted by atomic mass is 10.6. The number of aromatic nitrogens is 3. The summed E-state index contributed by atoms with van der Waals surface area (Å²) in [4.78, 5) is 11.5. The van der Waals surface area contributed by atoms with Gasteiger partial charge in [-0.1, -0.05) is 0 Å². The highest BCUT2D eigenvalue weighted by Crippen LogP contribution is 1.98. The maximum atomic E-state index is 5.46. The van der Waals surface area contributed by atoms with E-state index < -0.39 is 0 Å². The molecule has 0 aliphatic rings. The molecule has 0 atom stereocenters. The molecule has 0 aliphatic carbocycles. The second-order valence-electron chi connectivity index (χ2n) is 1.79. The molecule has 0 spiro atoms. The number of halogens is 1. The van der Waals surface area contributed by atoms with Gasteiger partial charge in [-0.15, -0.1) is 11.6 Å². The van der Waals surface area contributed by atoms with Crippen molar-refractivity contribution in [3.05, 3.63) is 11.6 Å². The van der Waals surface area contributed by atoms with Gasteiger partial charge in [0.15, 0.2) is 0 Å². The molecule has 0 bridgehead atoms. The molecule has 1 aromatic heterocycles. The maximum Gasteiger partial charge on any atom is 0.223 e. The van der Waals surface area contributed by atoms with Crippen LogP contribution in [-0.4, -0.2) is 15.0 Å². The van der Waals surface area contributed by atoms with E-state index in [-0.39, 0.29) is 11.8 Å². The third kappa shape index (κ3) is 1.54. The van der Waals surface area contributed by atoms with Crippen molar-refractivity contribution in [1.29, 1.82) is 0 Å². The molecular formula is C5H7ClN4. The van der Waals surface area contributed by atoms with E-state index in [4.69, 9.17) is 17.3 Å². The molecule has 54 valence electrons. The number of nitrogens with two attached hydrogens (primary N) is 1. The zero-order chi connectivity index (χ0) is 7.56. The molecule has 0 aromatic carbocycles. The predicted octanol–water partition coefficient (Wildman–Crippen LogP) is 0.501. The van der Waals surface area contributed by atoms with Gasteiger partial charge in [-0.3, -0.25) is 0 Å². The van der Waals surface area contributed by atoms with Crippen LogP contribution in [0, 0.1) is 6.92 Å². The number of alkyl halides is 1. The molecule has 0 saturated heterocycles. The van der Waals surface area contributed by atoms with Gasteiger partial charge in [0.1, 0.15) is 11.6 Å². The van der Waals surface area contributed by atoms with E-state index in [0.29, 0.717) is 11.6 Å². The van der Waals surface area contributed by atoms with Crippen LogP contribution >= 0.6 is 11.6 Å². The first-order chi connectivity index (χ1) is 4.72. The largest absolute Gasteiger partial charge is 0.368 e. The summed E-state index contributed by atoms with van der Waals surface area (Å²) in [5, 5.41) is 0. The average Bonchev–Trinajstić information content (AvgIpc) is 1.85. The summed E-state index contributed by atoms with van der Waals surface area (Å²) in [7, 11) is 0. The van der Waals surface area contributed by atoms with E-state index in [1.807, 2.05) is 0 Å². The Hall–Kier alpha value is -0.900. The minimum atomic E-state index is 0.225. The standard InChI is InChI=1S/C5H7ClN4/c1-3-8-4(2-6)10-5(7)9-3/h2H2,1H3,(H2,7,8,9,10). The molecule has 0 aliphatic heterocycles. The number of anilines is 1. The molecular weight excluding hydrogens is 152 g/mol. The molecule has 0 radical (unpaired) electrons. The highest BCUT2D eigenvalue weighted by atomic mass is 35.5. The fraction of sp³-hybridized carbons (Fsp3) is 0.400. The minimum absolute atomic E-state index is 0.225. The lowest BCUT2D eigenvalue weighted by molar-refractivity contribution is 0.921. The quantitative estimate of drug-likeness (QED) is 0.605. The van der Waals surface area contributed by atoms with Gasteiger partial charge in [0, 0.05) is 0 Å². The number of hydrogen-bond acceptors (Lipinski definition) is 4. The van der Waals surface area contributed by atoms with Crippen LogP contribution in [0.5, 0.6) is 0 Å². The van der Waals surface area contributed by atoms with Crippen LogP contribution in [0.15, 0.2) is 0 Å². The zero-order valence-corrected chi connectivity index (χ0v) is 6.26. The van der Waals surface area contributed by atoms with E-state index in [0.717, 1.165) is 0 Å². The molecule has 10 heavy (non-hydrogen) atoms. The highest BCUT2D eigenvalue weighted by Gasteiger charge is 1.97. The molecule has 1 heterocycles. The van der Waals surface area contributed by atoms with Crippen molar-refractivity contribution in [3.63, 3.8) is 0 Å². The summed E-state index contributed by atoms with van der Waals surface area (Å²) in [6, 6.07) is 0. The first-order valence-electron chi connectivity index (χ1n) is 2.75. The third-order valence-corrected chi connectivity index (χ3v) is 1.17. The lowest BCUT2D eigenvalue weighted by Gasteiger charge is -1.96. The van der Waals surface area contributed by atoms with Gasteiger partial charge < -0.3 is 5.73 Å². The SMILES string of the molecule is Cc1nc(N)nc(CCl)n1. The monoisotopic (exact) mass is 158 g/mol. The van der Waals surface area contributed by atoms with Crippen molar-refractivity contribution in [2.75, 3.05) is 5.73 Å². The first-order valence-corrected chi connectivity index (χ1v) is 3.29. The Labute approximate surface area is 63.5 Å². The Kier molecular flexibility index (Phi) is 2.01. The van der Waals surface area contributed by atoms with E-state index >= 15 is 0 Å². The number of rotatable bonds is 1.